The number of aliphatic imine (C=N–C) groups is 1. The van der Waals surface area contributed by atoms with Crippen molar-refractivity contribution in [2.45, 2.75) is 70.1 Å². The molecule has 0 spiro atoms. The summed E-state index contributed by atoms with van der Waals surface area (Å²) in [4.78, 5) is 64.5. The number of rotatable bonds is 18. The SMILES string of the molecule is CSCCC(NC(=O)C(CCCN=C(N)N)NC(=O)C(N)CC(C)C)C(=O)NC(CC(=O)O)C(=O)O. The maximum Gasteiger partial charge on any atom is 0.326 e. The Hall–Kier alpha value is -3.07. The molecule has 0 bridgehead atoms. The third-order valence-corrected chi connectivity index (χ3v) is 5.52. The van der Waals surface area contributed by atoms with Gasteiger partial charge in [0.25, 0.3) is 0 Å². The molecule has 14 nitrogen and oxygen atoms in total. The molecule has 4 atom stereocenters. The maximum atomic E-state index is 13.1. The van der Waals surface area contributed by atoms with Gasteiger partial charge in [-0.15, -0.1) is 0 Å². The molecule has 11 N–H and O–H groups in total. The quantitative estimate of drug-likeness (QED) is 0.0553. The van der Waals surface area contributed by atoms with Crippen LogP contribution >= 0.6 is 11.8 Å². The Labute approximate surface area is 214 Å². The monoisotopic (exact) mass is 533 g/mol. The number of aliphatic carboxylic acids is 2. The summed E-state index contributed by atoms with van der Waals surface area (Å²) in [6, 6.07) is -4.75. The number of carboxylic acid groups (broad SMARTS) is 2. The fraction of sp³-hybridized carbons (Fsp3) is 0.714. The fourth-order valence-corrected chi connectivity index (χ4v) is 3.56. The number of hydrogen-bond donors (Lipinski definition) is 8. The molecule has 0 heterocycles. The van der Waals surface area contributed by atoms with Gasteiger partial charge in [-0.25, -0.2) is 4.79 Å². The molecule has 0 saturated carbocycles. The van der Waals surface area contributed by atoms with Crippen LogP contribution in [0.1, 0.15) is 46.0 Å². The fourth-order valence-electron chi connectivity index (χ4n) is 3.09. The number of nitrogens with two attached hydrogens (primary N) is 3. The van der Waals surface area contributed by atoms with Crippen molar-refractivity contribution in [2.75, 3.05) is 18.6 Å². The Bertz CT molecular complexity index is 791. The Morgan fingerprint density at radius 1 is 0.889 bits per heavy atom. The van der Waals surface area contributed by atoms with Crippen LogP contribution in [-0.4, -0.2) is 88.6 Å². The van der Waals surface area contributed by atoms with Crippen molar-refractivity contribution in [3.8, 4) is 0 Å². The van der Waals surface area contributed by atoms with E-state index >= 15 is 0 Å². The molecule has 0 radical (unpaired) electrons. The van der Waals surface area contributed by atoms with E-state index < -0.39 is 60.2 Å². The summed E-state index contributed by atoms with van der Waals surface area (Å²) in [5, 5.41) is 25.4. The molecular weight excluding hydrogens is 494 g/mol. The van der Waals surface area contributed by atoms with Crippen molar-refractivity contribution in [1.29, 1.82) is 0 Å². The van der Waals surface area contributed by atoms with Crippen LogP contribution in [0.5, 0.6) is 0 Å². The maximum absolute atomic E-state index is 13.1. The zero-order valence-corrected chi connectivity index (χ0v) is 21.7. The van der Waals surface area contributed by atoms with E-state index in [9.17, 15) is 29.1 Å². The Kier molecular flexibility index (Phi) is 15.9. The third kappa shape index (κ3) is 14.4. The second kappa shape index (κ2) is 17.4. The molecule has 0 fully saturated rings. The summed E-state index contributed by atoms with van der Waals surface area (Å²) in [6.45, 7) is 4.00. The molecule has 3 amide bonds. The summed E-state index contributed by atoms with van der Waals surface area (Å²) < 4.78 is 0. The Morgan fingerprint density at radius 3 is 1.89 bits per heavy atom. The predicted octanol–water partition coefficient (Wildman–Crippen LogP) is -1.82. The smallest absolute Gasteiger partial charge is 0.326 e. The molecule has 0 aliphatic rings. The highest BCUT2D eigenvalue weighted by Gasteiger charge is 2.31. The minimum Gasteiger partial charge on any atom is -0.481 e. The van der Waals surface area contributed by atoms with E-state index in [1.807, 2.05) is 13.8 Å². The van der Waals surface area contributed by atoms with Gasteiger partial charge in [-0.2, -0.15) is 11.8 Å². The summed E-state index contributed by atoms with van der Waals surface area (Å²) >= 11 is 1.39. The van der Waals surface area contributed by atoms with Crippen LogP contribution in [0.4, 0.5) is 0 Å². The molecule has 0 aromatic rings. The van der Waals surface area contributed by atoms with Crippen molar-refractivity contribution in [3.63, 3.8) is 0 Å². The van der Waals surface area contributed by atoms with Crippen molar-refractivity contribution < 1.29 is 34.2 Å². The first-order valence-corrected chi connectivity index (χ1v) is 12.8. The summed E-state index contributed by atoms with van der Waals surface area (Å²) in [5.41, 5.74) is 16.5. The van der Waals surface area contributed by atoms with Gasteiger partial charge in [-0.05, 0) is 43.6 Å². The highest BCUT2D eigenvalue weighted by Crippen LogP contribution is 2.07. The number of nitrogens with zero attached hydrogens (tertiary/aromatic N) is 1. The van der Waals surface area contributed by atoms with Crippen molar-refractivity contribution in [3.05, 3.63) is 0 Å². The van der Waals surface area contributed by atoms with Crippen molar-refractivity contribution >= 4 is 47.4 Å². The highest BCUT2D eigenvalue weighted by atomic mass is 32.2. The van der Waals surface area contributed by atoms with Gasteiger partial charge in [0.15, 0.2) is 5.96 Å². The molecule has 0 rings (SSSR count). The zero-order chi connectivity index (χ0) is 27.8. The number of amides is 3. The van der Waals surface area contributed by atoms with Gasteiger partial charge < -0.3 is 43.4 Å². The number of carboxylic acids is 2. The van der Waals surface area contributed by atoms with Gasteiger partial charge in [0, 0.05) is 6.54 Å². The lowest BCUT2D eigenvalue weighted by Crippen LogP contribution is -2.57. The molecule has 4 unspecified atom stereocenters. The van der Waals surface area contributed by atoms with E-state index in [1.54, 1.807) is 6.26 Å². The topological polar surface area (TPSA) is 252 Å². The van der Waals surface area contributed by atoms with Crippen LogP contribution in [0.25, 0.3) is 0 Å². The molecular formula is C21H39N7O7S. The minimum absolute atomic E-state index is 0.123. The van der Waals surface area contributed by atoms with Gasteiger partial charge in [0.2, 0.25) is 17.7 Å². The van der Waals surface area contributed by atoms with Crippen LogP contribution in [0.3, 0.4) is 0 Å². The van der Waals surface area contributed by atoms with E-state index in [4.69, 9.17) is 22.3 Å². The normalized spacial score (nSPS) is 14.1. The van der Waals surface area contributed by atoms with Crippen LogP contribution in [-0.2, 0) is 24.0 Å². The van der Waals surface area contributed by atoms with Gasteiger partial charge in [-0.1, -0.05) is 13.8 Å². The lowest BCUT2D eigenvalue weighted by atomic mass is 10.0. The number of carbonyl (C=O) groups is 5. The second-order valence-electron chi connectivity index (χ2n) is 8.59. The van der Waals surface area contributed by atoms with Crippen LogP contribution in [0.2, 0.25) is 0 Å². The van der Waals surface area contributed by atoms with E-state index in [0.717, 1.165) is 0 Å². The van der Waals surface area contributed by atoms with Crippen LogP contribution in [0.15, 0.2) is 4.99 Å². The molecule has 206 valence electrons. The number of carbonyl (C=O) groups excluding carboxylic acids is 3. The van der Waals surface area contributed by atoms with E-state index in [-0.39, 0.29) is 31.3 Å². The minimum atomic E-state index is -1.67. The molecule has 0 saturated heterocycles. The molecule has 0 aliphatic carbocycles. The lowest BCUT2D eigenvalue weighted by Gasteiger charge is -2.25. The zero-order valence-electron chi connectivity index (χ0n) is 20.9. The molecule has 0 aromatic heterocycles. The predicted molar refractivity (Wildman–Crippen MR) is 136 cm³/mol. The third-order valence-electron chi connectivity index (χ3n) is 4.88. The summed E-state index contributed by atoms with van der Waals surface area (Å²) in [7, 11) is 0. The van der Waals surface area contributed by atoms with Crippen molar-refractivity contribution in [2.24, 2.45) is 28.1 Å². The molecule has 0 aromatic carbocycles. The standard InChI is InChI=1S/C21H39N7O7S/c1-11(2)9-12(22)17(31)26-13(5-4-7-25-21(23)24)18(32)27-14(6-8-36-3)19(33)28-15(20(34)35)10-16(29)30/h11-15H,4-10,22H2,1-3H3,(H,26,31)(H,27,32)(H,28,33)(H,29,30)(H,34,35)(H4,23,24,25). The van der Waals surface area contributed by atoms with Gasteiger partial charge in [0.05, 0.1) is 12.5 Å². The summed E-state index contributed by atoms with van der Waals surface area (Å²) in [6.07, 6.45) is 1.95. The second-order valence-corrected chi connectivity index (χ2v) is 9.57. The van der Waals surface area contributed by atoms with Crippen LogP contribution < -0.4 is 33.2 Å². The van der Waals surface area contributed by atoms with E-state index in [2.05, 4.69) is 20.9 Å². The lowest BCUT2D eigenvalue weighted by molar-refractivity contribution is -0.147. The number of guanidine groups is 1. The average molecular weight is 534 g/mol. The molecule has 36 heavy (non-hydrogen) atoms. The van der Waals surface area contributed by atoms with E-state index in [0.29, 0.717) is 18.6 Å². The first-order valence-electron chi connectivity index (χ1n) is 11.4. The summed E-state index contributed by atoms with van der Waals surface area (Å²) in [5.74, 6) is -4.55. The molecule has 0 aliphatic heterocycles. The Balaban J connectivity index is 5.59. The average Bonchev–Trinajstić information content (AvgIpc) is 2.76. The number of hydrogen-bond acceptors (Lipinski definition) is 8. The number of nitrogens with one attached hydrogen (secondary N) is 3. The highest BCUT2D eigenvalue weighted by molar-refractivity contribution is 7.98. The van der Waals surface area contributed by atoms with Gasteiger partial charge >= 0.3 is 11.9 Å². The Morgan fingerprint density at radius 2 is 1.42 bits per heavy atom. The first kappa shape index (κ1) is 32.9. The van der Waals surface area contributed by atoms with Gasteiger partial charge in [0.1, 0.15) is 18.1 Å². The van der Waals surface area contributed by atoms with E-state index in [1.165, 1.54) is 11.8 Å². The van der Waals surface area contributed by atoms with Crippen LogP contribution in [0, 0.1) is 5.92 Å². The van der Waals surface area contributed by atoms with Crippen molar-refractivity contribution in [1.82, 2.24) is 16.0 Å². The first-order chi connectivity index (χ1) is 16.8. The number of thioether (sulfide) groups is 1. The molecule has 15 heteroatoms. The van der Waals surface area contributed by atoms with Gasteiger partial charge in [-0.3, -0.25) is 24.2 Å². The largest absolute Gasteiger partial charge is 0.481 e.